The van der Waals surface area contributed by atoms with Crippen molar-refractivity contribution in [1.82, 2.24) is 0 Å². The Morgan fingerprint density at radius 2 is 1.20 bits per heavy atom. The second-order valence-electron chi connectivity index (χ2n) is 5.60. The van der Waals surface area contributed by atoms with Gasteiger partial charge in [0, 0.05) is 19.8 Å². The second kappa shape index (κ2) is 6.60. The largest absolute Gasteiger partial charge is 0.378 e. The van der Waals surface area contributed by atoms with E-state index in [0.717, 1.165) is 19.3 Å². The van der Waals surface area contributed by atoms with Gasteiger partial charge in [0.25, 0.3) is 0 Å². The Bertz CT molecular complexity index is 530. The zero-order valence-electron chi connectivity index (χ0n) is 13.1. The monoisotopic (exact) mass is 267 g/mol. The fourth-order valence-electron chi connectivity index (χ4n) is 2.50. The summed E-state index contributed by atoms with van der Waals surface area (Å²) in [6.45, 7) is 4.45. The van der Waals surface area contributed by atoms with Crippen molar-refractivity contribution in [3.05, 3.63) is 64.7 Å². The first kappa shape index (κ1) is 14.6. The molecule has 0 radical (unpaired) electrons. The maximum Gasteiger partial charge on any atom is 0.0361 e. The topological polar surface area (TPSA) is 3.24 Å². The summed E-state index contributed by atoms with van der Waals surface area (Å²) in [6.07, 6.45) is 3.25. The highest BCUT2D eigenvalue weighted by Gasteiger charge is 2.02. The van der Waals surface area contributed by atoms with Crippen LogP contribution in [0.1, 0.15) is 36.1 Å². The van der Waals surface area contributed by atoms with Crippen LogP contribution in [0.3, 0.4) is 0 Å². The van der Waals surface area contributed by atoms with Gasteiger partial charge in [-0.15, -0.1) is 0 Å². The lowest BCUT2D eigenvalue weighted by Crippen LogP contribution is -2.08. The lowest BCUT2D eigenvalue weighted by Gasteiger charge is -2.13. The van der Waals surface area contributed by atoms with Gasteiger partial charge in [0.05, 0.1) is 0 Å². The Morgan fingerprint density at radius 3 is 1.65 bits per heavy atom. The molecule has 0 aliphatic rings. The molecule has 2 rings (SSSR count). The van der Waals surface area contributed by atoms with E-state index in [9.17, 15) is 0 Å². The molecule has 0 heterocycles. The number of benzene rings is 2. The van der Waals surface area contributed by atoms with Gasteiger partial charge >= 0.3 is 0 Å². The maximum absolute atomic E-state index is 2.35. The molecule has 0 aliphatic carbocycles. The fourth-order valence-corrected chi connectivity index (χ4v) is 2.50. The SMILES string of the molecule is CCc1cc(CC)cc(Cc2ccc(N(C)C)cc2)c1. The Labute approximate surface area is 123 Å². The van der Waals surface area contributed by atoms with Crippen LogP contribution in [0.5, 0.6) is 0 Å². The number of hydrogen-bond donors (Lipinski definition) is 0. The zero-order chi connectivity index (χ0) is 14.5. The first-order valence-corrected chi connectivity index (χ1v) is 7.50. The average molecular weight is 267 g/mol. The van der Waals surface area contributed by atoms with Gasteiger partial charge in [0.15, 0.2) is 0 Å². The normalized spacial score (nSPS) is 10.6. The summed E-state index contributed by atoms with van der Waals surface area (Å²) < 4.78 is 0. The minimum Gasteiger partial charge on any atom is -0.378 e. The number of aryl methyl sites for hydroxylation is 2. The molecule has 106 valence electrons. The quantitative estimate of drug-likeness (QED) is 0.772. The molecule has 0 aromatic heterocycles. The van der Waals surface area contributed by atoms with E-state index in [1.807, 2.05) is 0 Å². The summed E-state index contributed by atoms with van der Waals surface area (Å²) >= 11 is 0. The average Bonchev–Trinajstić information content (AvgIpc) is 2.47. The van der Waals surface area contributed by atoms with Crippen LogP contribution >= 0.6 is 0 Å². The molecule has 0 saturated carbocycles. The molecule has 0 amide bonds. The van der Waals surface area contributed by atoms with E-state index >= 15 is 0 Å². The Balaban J connectivity index is 2.20. The summed E-state index contributed by atoms with van der Waals surface area (Å²) in [4.78, 5) is 2.14. The molecule has 1 nitrogen and oxygen atoms in total. The smallest absolute Gasteiger partial charge is 0.0361 e. The van der Waals surface area contributed by atoms with Crippen LogP contribution in [0.2, 0.25) is 0 Å². The van der Waals surface area contributed by atoms with Gasteiger partial charge in [-0.05, 0) is 53.6 Å². The van der Waals surface area contributed by atoms with Crippen molar-refractivity contribution in [2.45, 2.75) is 33.1 Å². The zero-order valence-corrected chi connectivity index (χ0v) is 13.1. The van der Waals surface area contributed by atoms with Crippen molar-refractivity contribution in [3.8, 4) is 0 Å². The minimum atomic E-state index is 1.02. The number of rotatable bonds is 5. The van der Waals surface area contributed by atoms with Crippen LogP contribution in [0.25, 0.3) is 0 Å². The second-order valence-corrected chi connectivity index (χ2v) is 5.60. The van der Waals surface area contributed by atoms with Crippen molar-refractivity contribution < 1.29 is 0 Å². The summed E-state index contributed by atoms with van der Waals surface area (Å²) in [5.41, 5.74) is 6.96. The van der Waals surface area contributed by atoms with Crippen molar-refractivity contribution in [1.29, 1.82) is 0 Å². The van der Waals surface area contributed by atoms with E-state index in [1.165, 1.54) is 27.9 Å². The predicted octanol–water partition coefficient (Wildman–Crippen LogP) is 4.47. The third kappa shape index (κ3) is 3.63. The molecule has 0 bridgehead atoms. The van der Waals surface area contributed by atoms with Crippen molar-refractivity contribution >= 4 is 5.69 Å². The predicted molar refractivity (Wildman–Crippen MR) is 88.8 cm³/mol. The van der Waals surface area contributed by atoms with Gasteiger partial charge in [0.1, 0.15) is 0 Å². The third-order valence-corrected chi connectivity index (χ3v) is 3.79. The highest BCUT2D eigenvalue weighted by Crippen LogP contribution is 2.18. The lowest BCUT2D eigenvalue weighted by atomic mass is 9.98. The van der Waals surface area contributed by atoms with Gasteiger partial charge < -0.3 is 4.90 Å². The number of nitrogens with zero attached hydrogens (tertiary/aromatic N) is 1. The maximum atomic E-state index is 2.35. The van der Waals surface area contributed by atoms with Crippen LogP contribution in [-0.2, 0) is 19.3 Å². The molecular formula is C19H25N. The minimum absolute atomic E-state index is 1.02. The van der Waals surface area contributed by atoms with Gasteiger partial charge in [-0.2, -0.15) is 0 Å². The number of anilines is 1. The molecule has 0 unspecified atom stereocenters. The van der Waals surface area contributed by atoms with E-state index in [0.29, 0.717) is 0 Å². The van der Waals surface area contributed by atoms with Crippen molar-refractivity contribution in [2.75, 3.05) is 19.0 Å². The van der Waals surface area contributed by atoms with Crippen molar-refractivity contribution in [3.63, 3.8) is 0 Å². The summed E-state index contributed by atoms with van der Waals surface area (Å²) in [5.74, 6) is 0. The van der Waals surface area contributed by atoms with Crippen LogP contribution in [0, 0.1) is 0 Å². The molecule has 0 saturated heterocycles. The Kier molecular flexibility index (Phi) is 4.84. The van der Waals surface area contributed by atoms with E-state index < -0.39 is 0 Å². The summed E-state index contributed by atoms with van der Waals surface area (Å²) in [6, 6.07) is 15.9. The highest BCUT2D eigenvalue weighted by molar-refractivity contribution is 5.47. The van der Waals surface area contributed by atoms with Gasteiger partial charge in [-0.1, -0.05) is 44.2 Å². The molecule has 0 spiro atoms. The standard InChI is InChI=1S/C19H25N/c1-5-15-11-16(6-2)13-18(12-15)14-17-7-9-19(10-8-17)20(3)4/h7-13H,5-6,14H2,1-4H3. The lowest BCUT2D eigenvalue weighted by molar-refractivity contribution is 1.05. The van der Waals surface area contributed by atoms with Crippen LogP contribution in [0.15, 0.2) is 42.5 Å². The Hall–Kier alpha value is -1.76. The van der Waals surface area contributed by atoms with Gasteiger partial charge in [0.2, 0.25) is 0 Å². The van der Waals surface area contributed by atoms with E-state index in [-0.39, 0.29) is 0 Å². The molecule has 0 fully saturated rings. The third-order valence-electron chi connectivity index (χ3n) is 3.79. The molecule has 0 N–H and O–H groups in total. The molecule has 2 aromatic rings. The summed E-state index contributed by atoms with van der Waals surface area (Å²) in [7, 11) is 4.15. The van der Waals surface area contributed by atoms with Gasteiger partial charge in [-0.25, -0.2) is 0 Å². The van der Waals surface area contributed by atoms with Crippen molar-refractivity contribution in [2.24, 2.45) is 0 Å². The van der Waals surface area contributed by atoms with E-state index in [4.69, 9.17) is 0 Å². The van der Waals surface area contributed by atoms with Crippen LogP contribution in [-0.4, -0.2) is 14.1 Å². The Morgan fingerprint density at radius 1 is 0.700 bits per heavy atom. The highest BCUT2D eigenvalue weighted by atomic mass is 15.1. The molecular weight excluding hydrogens is 242 g/mol. The molecule has 0 atom stereocenters. The molecule has 1 heteroatoms. The molecule has 0 aliphatic heterocycles. The molecule has 2 aromatic carbocycles. The van der Waals surface area contributed by atoms with Crippen LogP contribution in [0.4, 0.5) is 5.69 Å². The first-order chi connectivity index (χ1) is 9.62. The first-order valence-electron chi connectivity index (χ1n) is 7.50. The van der Waals surface area contributed by atoms with Crippen LogP contribution < -0.4 is 4.90 Å². The number of hydrogen-bond acceptors (Lipinski definition) is 1. The van der Waals surface area contributed by atoms with Gasteiger partial charge in [-0.3, -0.25) is 0 Å². The van der Waals surface area contributed by atoms with E-state index in [1.54, 1.807) is 0 Å². The molecule has 20 heavy (non-hydrogen) atoms. The summed E-state index contributed by atoms with van der Waals surface area (Å²) in [5, 5.41) is 0. The fraction of sp³-hybridized carbons (Fsp3) is 0.368. The van der Waals surface area contributed by atoms with E-state index in [2.05, 4.69) is 75.3 Å².